The highest BCUT2D eigenvalue weighted by Gasteiger charge is 2.15. The number of hydrogen-bond donors (Lipinski definition) is 1. The summed E-state index contributed by atoms with van der Waals surface area (Å²) in [4.78, 5) is 22.2. The van der Waals surface area contributed by atoms with Gasteiger partial charge in [-0.15, -0.1) is 11.3 Å². The van der Waals surface area contributed by atoms with Gasteiger partial charge in [0.2, 0.25) is 0 Å². The van der Waals surface area contributed by atoms with Gasteiger partial charge in [0.25, 0.3) is 5.91 Å². The summed E-state index contributed by atoms with van der Waals surface area (Å²) in [5.74, 6) is -0.706. The van der Waals surface area contributed by atoms with Gasteiger partial charge in [0.15, 0.2) is 5.13 Å². The zero-order valence-corrected chi connectivity index (χ0v) is 13.2. The molecule has 0 spiro atoms. The lowest BCUT2D eigenvalue weighted by Crippen LogP contribution is -2.13. The standard InChI is InChI=1S/C16H14FN3OS/c1-8-6-13(12-7-11(17)4-5-14(12)18-8)15(21)20-16-19-9(2)10(3)22-16/h4-7H,1-3H3,(H,19,20,21). The summed E-state index contributed by atoms with van der Waals surface area (Å²) in [6.45, 7) is 5.64. The van der Waals surface area contributed by atoms with Gasteiger partial charge in [-0.05, 0) is 45.0 Å². The Morgan fingerprint density at radius 3 is 2.64 bits per heavy atom. The summed E-state index contributed by atoms with van der Waals surface area (Å²) < 4.78 is 13.5. The van der Waals surface area contributed by atoms with E-state index in [1.54, 1.807) is 19.1 Å². The van der Waals surface area contributed by atoms with E-state index in [4.69, 9.17) is 0 Å². The van der Waals surface area contributed by atoms with Gasteiger partial charge in [0, 0.05) is 16.0 Å². The molecule has 0 saturated carbocycles. The van der Waals surface area contributed by atoms with E-state index in [0.717, 1.165) is 10.6 Å². The number of fused-ring (bicyclic) bond motifs is 1. The fourth-order valence-electron chi connectivity index (χ4n) is 2.21. The van der Waals surface area contributed by atoms with Crippen LogP contribution in [0.1, 0.15) is 26.6 Å². The molecule has 0 atom stereocenters. The molecule has 0 saturated heterocycles. The van der Waals surface area contributed by atoms with E-state index in [9.17, 15) is 9.18 Å². The number of carbonyl (C=O) groups is 1. The number of aromatic nitrogens is 2. The second-order valence-electron chi connectivity index (χ2n) is 5.09. The van der Waals surface area contributed by atoms with Gasteiger partial charge in [-0.2, -0.15) is 0 Å². The number of halogens is 1. The van der Waals surface area contributed by atoms with Gasteiger partial charge < -0.3 is 0 Å². The van der Waals surface area contributed by atoms with Gasteiger partial charge in [-0.3, -0.25) is 15.1 Å². The SMILES string of the molecule is Cc1cc(C(=O)Nc2nc(C)c(C)s2)c2cc(F)ccc2n1. The van der Waals surface area contributed by atoms with Crippen molar-refractivity contribution in [3.63, 3.8) is 0 Å². The molecule has 3 rings (SSSR count). The van der Waals surface area contributed by atoms with Crippen molar-refractivity contribution in [3.05, 3.63) is 51.9 Å². The van der Waals surface area contributed by atoms with Crippen LogP contribution in [0.4, 0.5) is 9.52 Å². The quantitative estimate of drug-likeness (QED) is 0.777. The van der Waals surface area contributed by atoms with Crippen LogP contribution in [0.3, 0.4) is 0 Å². The average Bonchev–Trinajstić information content (AvgIpc) is 2.76. The molecule has 112 valence electrons. The van der Waals surface area contributed by atoms with E-state index in [-0.39, 0.29) is 5.91 Å². The van der Waals surface area contributed by atoms with E-state index >= 15 is 0 Å². The molecule has 3 aromatic rings. The summed E-state index contributed by atoms with van der Waals surface area (Å²) in [5, 5.41) is 3.81. The number of nitrogens with zero attached hydrogens (tertiary/aromatic N) is 2. The van der Waals surface area contributed by atoms with E-state index in [1.807, 2.05) is 13.8 Å². The smallest absolute Gasteiger partial charge is 0.258 e. The number of rotatable bonds is 2. The van der Waals surface area contributed by atoms with Crippen molar-refractivity contribution >= 4 is 33.3 Å². The highest BCUT2D eigenvalue weighted by atomic mass is 32.1. The minimum absolute atomic E-state index is 0.310. The van der Waals surface area contributed by atoms with Crippen LogP contribution in [-0.4, -0.2) is 15.9 Å². The van der Waals surface area contributed by atoms with Crippen LogP contribution >= 0.6 is 11.3 Å². The largest absolute Gasteiger partial charge is 0.298 e. The summed E-state index contributed by atoms with van der Waals surface area (Å²) >= 11 is 1.42. The van der Waals surface area contributed by atoms with Crippen LogP contribution in [0.25, 0.3) is 10.9 Å². The first-order valence-corrected chi connectivity index (χ1v) is 7.58. The Hall–Kier alpha value is -2.34. The Kier molecular flexibility index (Phi) is 3.62. The van der Waals surface area contributed by atoms with Crippen molar-refractivity contribution < 1.29 is 9.18 Å². The van der Waals surface area contributed by atoms with Gasteiger partial charge in [0.1, 0.15) is 5.82 Å². The maximum absolute atomic E-state index is 13.5. The molecule has 0 aliphatic carbocycles. The first-order chi connectivity index (χ1) is 10.4. The molecule has 4 nitrogen and oxygen atoms in total. The van der Waals surface area contributed by atoms with Gasteiger partial charge in [-0.25, -0.2) is 9.37 Å². The van der Waals surface area contributed by atoms with E-state index < -0.39 is 5.82 Å². The van der Waals surface area contributed by atoms with Crippen molar-refractivity contribution in [1.82, 2.24) is 9.97 Å². The van der Waals surface area contributed by atoms with Crippen molar-refractivity contribution in [2.45, 2.75) is 20.8 Å². The Morgan fingerprint density at radius 1 is 1.18 bits per heavy atom. The van der Waals surface area contributed by atoms with Crippen LogP contribution in [-0.2, 0) is 0 Å². The number of carbonyl (C=O) groups excluding carboxylic acids is 1. The molecular formula is C16H14FN3OS. The second kappa shape index (κ2) is 5.46. The maximum atomic E-state index is 13.5. The lowest BCUT2D eigenvalue weighted by atomic mass is 10.1. The Labute approximate surface area is 131 Å². The number of benzene rings is 1. The third-order valence-electron chi connectivity index (χ3n) is 3.39. The Morgan fingerprint density at radius 2 is 1.95 bits per heavy atom. The normalized spacial score (nSPS) is 10.9. The second-order valence-corrected chi connectivity index (χ2v) is 6.29. The maximum Gasteiger partial charge on any atom is 0.258 e. The highest BCUT2D eigenvalue weighted by molar-refractivity contribution is 7.15. The molecule has 2 heterocycles. The minimum atomic E-state index is -0.395. The zero-order chi connectivity index (χ0) is 15.9. The molecule has 2 aromatic heterocycles. The summed E-state index contributed by atoms with van der Waals surface area (Å²) in [6.07, 6.45) is 0. The van der Waals surface area contributed by atoms with Gasteiger partial charge in [0.05, 0.1) is 16.8 Å². The first kappa shape index (κ1) is 14.6. The van der Waals surface area contributed by atoms with Crippen molar-refractivity contribution in [1.29, 1.82) is 0 Å². The van der Waals surface area contributed by atoms with Crippen LogP contribution in [0.5, 0.6) is 0 Å². The van der Waals surface area contributed by atoms with Crippen LogP contribution in [0.2, 0.25) is 0 Å². The van der Waals surface area contributed by atoms with Crippen molar-refractivity contribution in [2.24, 2.45) is 0 Å². The van der Waals surface area contributed by atoms with E-state index in [1.165, 1.54) is 23.5 Å². The number of amides is 1. The molecule has 1 N–H and O–H groups in total. The van der Waals surface area contributed by atoms with Crippen molar-refractivity contribution in [2.75, 3.05) is 5.32 Å². The number of aryl methyl sites for hydroxylation is 3. The third-order valence-corrected chi connectivity index (χ3v) is 4.38. The highest BCUT2D eigenvalue weighted by Crippen LogP contribution is 2.24. The number of nitrogens with one attached hydrogen (secondary N) is 1. The Bertz CT molecular complexity index is 869. The van der Waals surface area contributed by atoms with Gasteiger partial charge in [-0.1, -0.05) is 0 Å². The molecule has 0 fully saturated rings. The molecular weight excluding hydrogens is 301 g/mol. The molecule has 1 amide bonds. The topological polar surface area (TPSA) is 54.9 Å². The lowest BCUT2D eigenvalue weighted by molar-refractivity contribution is 0.102. The first-order valence-electron chi connectivity index (χ1n) is 6.76. The number of hydrogen-bond acceptors (Lipinski definition) is 4. The van der Waals surface area contributed by atoms with Crippen LogP contribution < -0.4 is 5.32 Å². The summed E-state index contributed by atoms with van der Waals surface area (Å²) in [7, 11) is 0. The molecule has 1 aromatic carbocycles. The van der Waals surface area contributed by atoms with Crippen molar-refractivity contribution in [3.8, 4) is 0 Å². The predicted molar refractivity (Wildman–Crippen MR) is 86.0 cm³/mol. The minimum Gasteiger partial charge on any atom is -0.298 e. The Balaban J connectivity index is 2.04. The molecule has 0 aliphatic rings. The molecule has 0 unspecified atom stereocenters. The fraction of sp³-hybridized carbons (Fsp3) is 0.188. The molecule has 22 heavy (non-hydrogen) atoms. The predicted octanol–water partition coefficient (Wildman–Crippen LogP) is 4.01. The molecule has 0 bridgehead atoms. The van der Waals surface area contributed by atoms with E-state index in [2.05, 4.69) is 15.3 Å². The number of pyridine rings is 1. The monoisotopic (exact) mass is 315 g/mol. The number of anilines is 1. The third kappa shape index (κ3) is 2.69. The van der Waals surface area contributed by atoms with Gasteiger partial charge >= 0.3 is 0 Å². The van der Waals surface area contributed by atoms with Crippen LogP contribution in [0.15, 0.2) is 24.3 Å². The lowest BCUT2D eigenvalue weighted by Gasteiger charge is -2.07. The number of thiazole rings is 1. The fourth-order valence-corrected chi connectivity index (χ4v) is 3.02. The van der Waals surface area contributed by atoms with E-state index in [0.29, 0.717) is 27.3 Å². The average molecular weight is 315 g/mol. The molecule has 0 aliphatic heterocycles. The molecule has 6 heteroatoms. The summed E-state index contributed by atoms with van der Waals surface area (Å²) in [5.41, 5.74) is 2.59. The van der Waals surface area contributed by atoms with Crippen LogP contribution in [0, 0.1) is 26.6 Å². The molecule has 0 radical (unpaired) electrons. The summed E-state index contributed by atoms with van der Waals surface area (Å²) in [6, 6.07) is 5.90. The zero-order valence-electron chi connectivity index (χ0n) is 12.4.